The van der Waals surface area contributed by atoms with Gasteiger partial charge in [-0.1, -0.05) is 19.8 Å². The quantitative estimate of drug-likeness (QED) is 0.710. The van der Waals surface area contributed by atoms with Crippen molar-refractivity contribution in [3.8, 4) is 0 Å². The van der Waals surface area contributed by atoms with Crippen molar-refractivity contribution in [3.05, 3.63) is 27.8 Å². The van der Waals surface area contributed by atoms with Crippen LogP contribution in [0.4, 0.5) is 0 Å². The van der Waals surface area contributed by atoms with Gasteiger partial charge in [0.15, 0.2) is 0 Å². The Morgan fingerprint density at radius 1 is 0.960 bits per heavy atom. The summed E-state index contributed by atoms with van der Waals surface area (Å²) in [5.41, 5.74) is 4.48. The van der Waals surface area contributed by atoms with Crippen molar-refractivity contribution in [2.24, 2.45) is 0 Å². The zero-order valence-corrected chi connectivity index (χ0v) is 17.3. The molecular weight excluding hydrogens is 338 g/mol. The minimum Gasteiger partial charge on any atom is -0.465 e. The normalized spacial score (nSPS) is 12.9. The summed E-state index contributed by atoms with van der Waals surface area (Å²) < 4.78 is 33.7. The van der Waals surface area contributed by atoms with Crippen molar-refractivity contribution in [1.29, 1.82) is 0 Å². The Labute approximate surface area is 152 Å². The summed E-state index contributed by atoms with van der Waals surface area (Å²) in [6, 6.07) is -0.856. The molecule has 0 heterocycles. The SMILES string of the molecule is CCCCC(NS(=O)(=O)c1c(C)c(C)c(C)c(C)c1C)C(=O)OCC. The molecule has 0 saturated carbocycles. The van der Waals surface area contributed by atoms with Gasteiger partial charge in [-0.15, -0.1) is 0 Å². The number of carbonyl (C=O) groups excluding carboxylic acids is 1. The van der Waals surface area contributed by atoms with Crippen LogP contribution in [-0.4, -0.2) is 27.0 Å². The lowest BCUT2D eigenvalue weighted by Gasteiger charge is -2.22. The highest BCUT2D eigenvalue weighted by Crippen LogP contribution is 2.29. The number of hydrogen-bond acceptors (Lipinski definition) is 4. The molecule has 5 nitrogen and oxygen atoms in total. The molecule has 0 bridgehead atoms. The Balaban J connectivity index is 3.34. The molecule has 1 aromatic rings. The molecule has 0 fully saturated rings. The van der Waals surface area contributed by atoms with Crippen molar-refractivity contribution < 1.29 is 17.9 Å². The Morgan fingerprint density at radius 2 is 1.44 bits per heavy atom. The summed E-state index contributed by atoms with van der Waals surface area (Å²) in [6.45, 7) is 13.4. The van der Waals surface area contributed by atoms with E-state index >= 15 is 0 Å². The second-order valence-corrected chi connectivity index (χ2v) is 8.17. The number of unbranched alkanes of at least 4 members (excludes halogenated alkanes) is 1. The zero-order valence-electron chi connectivity index (χ0n) is 16.4. The second kappa shape index (κ2) is 8.81. The minimum atomic E-state index is -3.83. The molecule has 0 radical (unpaired) electrons. The summed E-state index contributed by atoms with van der Waals surface area (Å²) >= 11 is 0. The molecule has 1 aromatic carbocycles. The molecule has 0 spiro atoms. The molecule has 0 aliphatic rings. The van der Waals surface area contributed by atoms with Crippen LogP contribution in [0, 0.1) is 34.6 Å². The third-order valence-corrected chi connectivity index (χ3v) is 6.66. The van der Waals surface area contributed by atoms with Crippen LogP contribution in [0.3, 0.4) is 0 Å². The van der Waals surface area contributed by atoms with Crippen LogP contribution in [0.15, 0.2) is 4.90 Å². The molecule has 6 heteroatoms. The first-order valence-electron chi connectivity index (χ1n) is 8.84. The van der Waals surface area contributed by atoms with E-state index in [0.717, 1.165) is 40.7 Å². The Morgan fingerprint density at radius 3 is 1.88 bits per heavy atom. The van der Waals surface area contributed by atoms with Crippen LogP contribution in [0.5, 0.6) is 0 Å². The first kappa shape index (κ1) is 21.6. The van der Waals surface area contributed by atoms with E-state index < -0.39 is 22.0 Å². The molecular formula is C19H31NO4S. The van der Waals surface area contributed by atoms with E-state index in [1.165, 1.54) is 0 Å². The predicted molar refractivity (Wildman–Crippen MR) is 100 cm³/mol. The van der Waals surface area contributed by atoms with Gasteiger partial charge in [-0.05, 0) is 75.8 Å². The molecule has 1 N–H and O–H groups in total. The zero-order chi connectivity index (χ0) is 19.4. The topological polar surface area (TPSA) is 72.5 Å². The van der Waals surface area contributed by atoms with Crippen LogP contribution in [-0.2, 0) is 19.6 Å². The number of ether oxygens (including phenoxy) is 1. The summed E-state index contributed by atoms with van der Waals surface area (Å²) in [5, 5.41) is 0. The molecule has 0 saturated heterocycles. The second-order valence-electron chi connectivity index (χ2n) is 6.52. The molecule has 0 amide bonds. The van der Waals surface area contributed by atoms with Crippen LogP contribution < -0.4 is 4.72 Å². The first-order chi connectivity index (χ1) is 11.6. The van der Waals surface area contributed by atoms with E-state index in [4.69, 9.17) is 4.74 Å². The fraction of sp³-hybridized carbons (Fsp3) is 0.632. The van der Waals surface area contributed by atoms with Gasteiger partial charge in [0.05, 0.1) is 11.5 Å². The van der Waals surface area contributed by atoms with Crippen molar-refractivity contribution in [2.75, 3.05) is 6.61 Å². The van der Waals surface area contributed by atoms with E-state index in [2.05, 4.69) is 4.72 Å². The fourth-order valence-corrected chi connectivity index (χ4v) is 4.81. The molecule has 1 rings (SSSR count). The highest BCUT2D eigenvalue weighted by atomic mass is 32.2. The van der Waals surface area contributed by atoms with Crippen molar-refractivity contribution in [2.45, 2.75) is 78.7 Å². The van der Waals surface area contributed by atoms with Crippen LogP contribution in [0.1, 0.15) is 60.9 Å². The number of esters is 1. The third kappa shape index (κ3) is 4.82. The number of benzene rings is 1. The average molecular weight is 370 g/mol. The van der Waals surface area contributed by atoms with Gasteiger partial charge >= 0.3 is 5.97 Å². The van der Waals surface area contributed by atoms with Gasteiger partial charge in [0.25, 0.3) is 0 Å². The van der Waals surface area contributed by atoms with Gasteiger partial charge in [0, 0.05) is 0 Å². The minimum absolute atomic E-state index is 0.226. The van der Waals surface area contributed by atoms with Crippen molar-refractivity contribution in [1.82, 2.24) is 4.72 Å². The number of sulfonamides is 1. The summed E-state index contributed by atoms with van der Waals surface area (Å²) in [7, 11) is -3.83. The van der Waals surface area contributed by atoms with E-state index in [1.54, 1.807) is 6.92 Å². The van der Waals surface area contributed by atoms with E-state index in [1.807, 2.05) is 41.5 Å². The number of carbonyl (C=O) groups is 1. The number of rotatable bonds is 8. The average Bonchev–Trinajstić information content (AvgIpc) is 2.55. The standard InChI is InChI=1S/C19H31NO4S/c1-8-10-11-17(19(21)24-9-2)20-25(22,23)18-15(6)13(4)12(3)14(5)16(18)7/h17,20H,8-11H2,1-7H3. The van der Waals surface area contributed by atoms with Crippen LogP contribution >= 0.6 is 0 Å². The van der Waals surface area contributed by atoms with E-state index in [9.17, 15) is 13.2 Å². The maximum atomic E-state index is 13.1. The Kier molecular flexibility index (Phi) is 7.62. The first-order valence-corrected chi connectivity index (χ1v) is 10.3. The predicted octanol–water partition coefficient (Wildman–Crippen LogP) is 3.63. The maximum absolute atomic E-state index is 13.1. The maximum Gasteiger partial charge on any atom is 0.324 e. The number of nitrogens with one attached hydrogen (secondary N) is 1. The van der Waals surface area contributed by atoms with E-state index in [0.29, 0.717) is 6.42 Å². The van der Waals surface area contributed by atoms with E-state index in [-0.39, 0.29) is 11.5 Å². The third-order valence-electron chi connectivity index (χ3n) is 4.91. The summed E-state index contributed by atoms with van der Waals surface area (Å²) in [5.74, 6) is -0.518. The van der Waals surface area contributed by atoms with Gasteiger partial charge in [-0.3, -0.25) is 4.79 Å². The van der Waals surface area contributed by atoms with Crippen LogP contribution in [0.2, 0.25) is 0 Å². The number of hydrogen-bond donors (Lipinski definition) is 1. The Hall–Kier alpha value is -1.40. The lowest BCUT2D eigenvalue weighted by molar-refractivity contribution is -0.145. The molecule has 0 aliphatic heterocycles. The highest BCUT2D eigenvalue weighted by molar-refractivity contribution is 7.89. The van der Waals surface area contributed by atoms with Gasteiger partial charge in [0.2, 0.25) is 10.0 Å². The molecule has 0 aromatic heterocycles. The molecule has 1 unspecified atom stereocenters. The van der Waals surface area contributed by atoms with Gasteiger partial charge < -0.3 is 4.74 Å². The molecule has 25 heavy (non-hydrogen) atoms. The van der Waals surface area contributed by atoms with Crippen molar-refractivity contribution >= 4 is 16.0 Å². The van der Waals surface area contributed by atoms with Gasteiger partial charge in [-0.25, -0.2) is 8.42 Å². The summed E-state index contributed by atoms with van der Waals surface area (Å²) in [4.78, 5) is 12.4. The fourth-order valence-electron chi connectivity index (χ4n) is 2.99. The Bertz CT molecular complexity index is 709. The molecule has 1 atom stereocenters. The monoisotopic (exact) mass is 369 g/mol. The molecule has 142 valence electrons. The highest BCUT2D eigenvalue weighted by Gasteiger charge is 2.29. The van der Waals surface area contributed by atoms with Crippen LogP contribution in [0.25, 0.3) is 0 Å². The molecule has 0 aliphatic carbocycles. The largest absolute Gasteiger partial charge is 0.465 e. The van der Waals surface area contributed by atoms with Crippen molar-refractivity contribution in [3.63, 3.8) is 0 Å². The smallest absolute Gasteiger partial charge is 0.324 e. The lowest BCUT2D eigenvalue weighted by Crippen LogP contribution is -2.42. The van der Waals surface area contributed by atoms with Gasteiger partial charge in [0.1, 0.15) is 6.04 Å². The van der Waals surface area contributed by atoms with Gasteiger partial charge in [-0.2, -0.15) is 4.72 Å². The lowest BCUT2D eigenvalue weighted by atomic mass is 9.95. The summed E-state index contributed by atoms with van der Waals surface area (Å²) in [6.07, 6.45) is 2.05.